The van der Waals surface area contributed by atoms with Gasteiger partial charge in [-0.1, -0.05) is 5.16 Å². The van der Waals surface area contributed by atoms with Gasteiger partial charge in [-0.05, 0) is 25.1 Å². The van der Waals surface area contributed by atoms with Crippen LogP contribution in [-0.2, 0) is 6.54 Å². The number of hydrogen-bond donors (Lipinski definition) is 2. The molecule has 0 radical (unpaired) electrons. The van der Waals surface area contributed by atoms with E-state index in [-0.39, 0.29) is 12.5 Å². The topological polar surface area (TPSA) is 82.6 Å². The van der Waals surface area contributed by atoms with Crippen molar-refractivity contribution < 1.29 is 14.7 Å². The minimum absolute atomic E-state index is 0.0121. The van der Waals surface area contributed by atoms with E-state index in [2.05, 4.69) is 15.0 Å². The first kappa shape index (κ1) is 14.2. The van der Waals surface area contributed by atoms with Crippen molar-refractivity contribution >= 4 is 0 Å². The van der Waals surface area contributed by atoms with Gasteiger partial charge < -0.3 is 14.7 Å². The SMILES string of the molecule is OC[C@H]1CCN(Cc2cc(-c3cccnc3)no2)C[C@@H]1O. The van der Waals surface area contributed by atoms with Crippen molar-refractivity contribution in [3.63, 3.8) is 0 Å². The number of aliphatic hydroxyl groups is 2. The van der Waals surface area contributed by atoms with Crippen molar-refractivity contribution in [2.24, 2.45) is 5.92 Å². The van der Waals surface area contributed by atoms with Crippen LogP contribution in [0.5, 0.6) is 0 Å². The lowest BCUT2D eigenvalue weighted by atomic mass is 9.95. The van der Waals surface area contributed by atoms with Gasteiger partial charge in [0.05, 0.1) is 12.6 Å². The van der Waals surface area contributed by atoms with E-state index >= 15 is 0 Å². The van der Waals surface area contributed by atoms with E-state index in [0.29, 0.717) is 13.1 Å². The van der Waals surface area contributed by atoms with Gasteiger partial charge in [0.1, 0.15) is 5.69 Å². The molecule has 1 aliphatic rings. The molecule has 6 heteroatoms. The Balaban J connectivity index is 1.63. The average Bonchev–Trinajstić information content (AvgIpc) is 2.97. The molecular formula is C15H19N3O3. The Labute approximate surface area is 123 Å². The number of β-amino-alcohol motifs (C(OH)–C–C–N with tert-alkyl or cyclic N) is 1. The van der Waals surface area contributed by atoms with E-state index in [0.717, 1.165) is 30.0 Å². The Morgan fingerprint density at radius 3 is 3.05 bits per heavy atom. The lowest BCUT2D eigenvalue weighted by Gasteiger charge is -2.34. The van der Waals surface area contributed by atoms with E-state index in [9.17, 15) is 5.11 Å². The number of rotatable bonds is 4. The number of aliphatic hydroxyl groups excluding tert-OH is 2. The minimum Gasteiger partial charge on any atom is -0.396 e. The molecule has 0 spiro atoms. The summed E-state index contributed by atoms with van der Waals surface area (Å²) in [6.45, 7) is 2.05. The zero-order valence-corrected chi connectivity index (χ0v) is 11.7. The predicted octanol–water partition coefficient (Wildman–Crippen LogP) is 0.912. The summed E-state index contributed by atoms with van der Waals surface area (Å²) in [4.78, 5) is 6.18. The summed E-state index contributed by atoms with van der Waals surface area (Å²) >= 11 is 0. The maximum atomic E-state index is 9.94. The summed E-state index contributed by atoms with van der Waals surface area (Å²) in [5, 5.41) is 23.2. The molecule has 2 aromatic rings. The van der Waals surface area contributed by atoms with E-state index in [1.54, 1.807) is 12.4 Å². The van der Waals surface area contributed by atoms with Crippen LogP contribution in [-0.4, -0.2) is 51.1 Å². The highest BCUT2D eigenvalue weighted by Crippen LogP contribution is 2.22. The molecule has 6 nitrogen and oxygen atoms in total. The third-order valence-electron chi connectivity index (χ3n) is 3.94. The highest BCUT2D eigenvalue weighted by Gasteiger charge is 2.27. The molecule has 2 aromatic heterocycles. The molecule has 1 fully saturated rings. The molecule has 0 bridgehead atoms. The van der Waals surface area contributed by atoms with Gasteiger partial charge in [0, 0.05) is 43.1 Å². The van der Waals surface area contributed by atoms with E-state index in [1.165, 1.54) is 0 Å². The number of aromatic nitrogens is 2. The smallest absolute Gasteiger partial charge is 0.151 e. The summed E-state index contributed by atoms with van der Waals surface area (Å²) in [7, 11) is 0. The second-order valence-electron chi connectivity index (χ2n) is 5.45. The molecule has 1 saturated heterocycles. The summed E-state index contributed by atoms with van der Waals surface area (Å²) in [6.07, 6.45) is 3.78. The van der Waals surface area contributed by atoms with Crippen molar-refractivity contribution in [1.82, 2.24) is 15.0 Å². The fourth-order valence-electron chi connectivity index (χ4n) is 2.66. The maximum absolute atomic E-state index is 9.94. The average molecular weight is 289 g/mol. The summed E-state index contributed by atoms with van der Waals surface area (Å²) in [6, 6.07) is 5.70. The van der Waals surface area contributed by atoms with Crippen LogP contribution in [0.4, 0.5) is 0 Å². The third-order valence-corrected chi connectivity index (χ3v) is 3.94. The largest absolute Gasteiger partial charge is 0.396 e. The molecule has 0 unspecified atom stereocenters. The Morgan fingerprint density at radius 2 is 2.33 bits per heavy atom. The van der Waals surface area contributed by atoms with Crippen LogP contribution in [0.2, 0.25) is 0 Å². The van der Waals surface area contributed by atoms with Crippen molar-refractivity contribution in [1.29, 1.82) is 0 Å². The molecule has 0 aliphatic carbocycles. The molecule has 21 heavy (non-hydrogen) atoms. The number of pyridine rings is 1. The van der Waals surface area contributed by atoms with Gasteiger partial charge in [-0.25, -0.2) is 0 Å². The van der Waals surface area contributed by atoms with Crippen molar-refractivity contribution in [2.45, 2.75) is 19.1 Å². The Hall–Kier alpha value is -1.76. The maximum Gasteiger partial charge on any atom is 0.151 e. The molecule has 3 rings (SSSR count). The zero-order valence-electron chi connectivity index (χ0n) is 11.7. The highest BCUT2D eigenvalue weighted by molar-refractivity contribution is 5.57. The first-order chi connectivity index (χ1) is 10.3. The van der Waals surface area contributed by atoms with Crippen LogP contribution in [0.3, 0.4) is 0 Å². The molecule has 2 N–H and O–H groups in total. The number of nitrogens with zero attached hydrogens (tertiary/aromatic N) is 3. The van der Waals surface area contributed by atoms with Crippen LogP contribution in [0.15, 0.2) is 35.1 Å². The van der Waals surface area contributed by atoms with Crippen LogP contribution < -0.4 is 0 Å². The molecule has 0 aromatic carbocycles. The van der Waals surface area contributed by atoms with Crippen LogP contribution in [0.1, 0.15) is 12.2 Å². The minimum atomic E-state index is -0.482. The van der Waals surface area contributed by atoms with E-state index < -0.39 is 6.10 Å². The van der Waals surface area contributed by atoms with Crippen LogP contribution >= 0.6 is 0 Å². The molecule has 3 heterocycles. The first-order valence-electron chi connectivity index (χ1n) is 7.13. The highest BCUT2D eigenvalue weighted by atomic mass is 16.5. The second kappa shape index (κ2) is 6.34. The van der Waals surface area contributed by atoms with Gasteiger partial charge in [0.25, 0.3) is 0 Å². The number of hydrogen-bond acceptors (Lipinski definition) is 6. The van der Waals surface area contributed by atoms with Gasteiger partial charge in [-0.15, -0.1) is 0 Å². The van der Waals surface area contributed by atoms with Crippen LogP contribution in [0.25, 0.3) is 11.3 Å². The van der Waals surface area contributed by atoms with Crippen LogP contribution in [0, 0.1) is 5.92 Å². The van der Waals surface area contributed by atoms with Crippen molar-refractivity contribution in [3.8, 4) is 11.3 Å². The molecule has 0 amide bonds. The fraction of sp³-hybridized carbons (Fsp3) is 0.467. The van der Waals surface area contributed by atoms with Gasteiger partial charge in [0.15, 0.2) is 5.76 Å². The van der Waals surface area contributed by atoms with E-state index in [1.807, 2.05) is 18.2 Å². The van der Waals surface area contributed by atoms with Crippen molar-refractivity contribution in [2.75, 3.05) is 19.7 Å². The quantitative estimate of drug-likeness (QED) is 0.870. The zero-order chi connectivity index (χ0) is 14.7. The summed E-state index contributed by atoms with van der Waals surface area (Å²) < 4.78 is 5.36. The number of likely N-dealkylation sites (tertiary alicyclic amines) is 1. The van der Waals surface area contributed by atoms with Gasteiger partial charge >= 0.3 is 0 Å². The summed E-state index contributed by atoms with van der Waals surface area (Å²) in [5.41, 5.74) is 1.69. The number of piperidine rings is 1. The van der Waals surface area contributed by atoms with Gasteiger partial charge in [0.2, 0.25) is 0 Å². The Morgan fingerprint density at radius 1 is 1.43 bits per heavy atom. The lowest BCUT2D eigenvalue weighted by Crippen LogP contribution is -2.44. The standard InChI is InChI=1S/C15H19N3O3/c19-10-12-3-5-18(9-15(12)20)8-13-6-14(17-21-13)11-2-1-4-16-7-11/h1-2,4,6-7,12,15,19-20H,3,5,8-10H2/t12-,15+/m1/s1. The Bertz CT molecular complexity index is 573. The third kappa shape index (κ3) is 3.29. The monoisotopic (exact) mass is 289 g/mol. The molecule has 2 atom stereocenters. The van der Waals surface area contributed by atoms with E-state index in [4.69, 9.17) is 9.63 Å². The lowest BCUT2D eigenvalue weighted by molar-refractivity contribution is -0.00667. The molecule has 0 saturated carbocycles. The van der Waals surface area contributed by atoms with Crippen molar-refractivity contribution in [3.05, 3.63) is 36.4 Å². The molecular weight excluding hydrogens is 270 g/mol. The molecule has 1 aliphatic heterocycles. The fourth-order valence-corrected chi connectivity index (χ4v) is 2.66. The normalized spacial score (nSPS) is 23.3. The Kier molecular flexibility index (Phi) is 4.28. The first-order valence-corrected chi connectivity index (χ1v) is 7.13. The van der Waals surface area contributed by atoms with Gasteiger partial charge in [-0.3, -0.25) is 9.88 Å². The van der Waals surface area contributed by atoms with Gasteiger partial charge in [-0.2, -0.15) is 0 Å². The molecule has 112 valence electrons. The summed E-state index contributed by atoms with van der Waals surface area (Å²) in [5.74, 6) is 0.755. The predicted molar refractivity (Wildman–Crippen MR) is 76.2 cm³/mol. The second-order valence-corrected chi connectivity index (χ2v) is 5.45.